The molecule has 0 atom stereocenters. The van der Waals surface area contributed by atoms with E-state index in [1.807, 2.05) is 0 Å². The topological polar surface area (TPSA) is 18.5 Å². The molecule has 0 unspecified atom stereocenters. The van der Waals surface area contributed by atoms with Gasteiger partial charge in [-0.2, -0.15) is 0 Å². The number of fused-ring (bicyclic) bond motifs is 1. The molecule has 0 fully saturated rings. The summed E-state index contributed by atoms with van der Waals surface area (Å²) in [6.07, 6.45) is 8.60. The molecule has 0 spiro atoms. The van der Waals surface area contributed by atoms with Gasteiger partial charge in [-0.05, 0) is 44.9 Å². The largest absolute Gasteiger partial charge is 0.496 e. The first kappa shape index (κ1) is 22.1. The van der Waals surface area contributed by atoms with Gasteiger partial charge in [-0.1, -0.05) is 70.4 Å². The molecule has 1 aromatic carbocycles. The van der Waals surface area contributed by atoms with E-state index in [1.165, 1.54) is 29.5 Å². The summed E-state index contributed by atoms with van der Waals surface area (Å²) in [5.41, 5.74) is 4.21. The van der Waals surface area contributed by atoms with Crippen molar-refractivity contribution in [2.45, 2.75) is 72.8 Å². The van der Waals surface area contributed by atoms with Gasteiger partial charge in [-0.25, -0.2) is 0 Å². The highest BCUT2D eigenvalue weighted by Gasteiger charge is 2.34. The molecule has 2 heteroatoms. The molecule has 0 aliphatic carbocycles. The van der Waals surface area contributed by atoms with Crippen LogP contribution < -0.4 is 0 Å². The first-order chi connectivity index (χ1) is 12.4. The molecule has 0 saturated carbocycles. The van der Waals surface area contributed by atoms with Crippen LogP contribution in [0.25, 0.3) is 5.57 Å². The van der Waals surface area contributed by atoms with E-state index in [4.69, 9.17) is 9.47 Å². The lowest BCUT2D eigenvalue weighted by molar-refractivity contribution is 0.0352. The van der Waals surface area contributed by atoms with Crippen LogP contribution in [0.5, 0.6) is 0 Å². The van der Waals surface area contributed by atoms with Gasteiger partial charge in [0.25, 0.3) is 0 Å². The van der Waals surface area contributed by atoms with Gasteiger partial charge in [-0.3, -0.25) is 0 Å². The minimum atomic E-state index is -0.375. The summed E-state index contributed by atoms with van der Waals surface area (Å²) in [6.45, 7) is 16.7. The third kappa shape index (κ3) is 5.27. The van der Waals surface area contributed by atoms with Gasteiger partial charge in [0.15, 0.2) is 0 Å². The highest BCUT2D eigenvalue weighted by molar-refractivity contribution is 5.83. The number of ether oxygens (including phenoxy) is 2. The zero-order chi connectivity index (χ0) is 19.7. The van der Waals surface area contributed by atoms with Gasteiger partial charge >= 0.3 is 0 Å². The van der Waals surface area contributed by atoms with E-state index >= 15 is 0 Å². The number of methoxy groups -OCH3 is 1. The van der Waals surface area contributed by atoms with Gasteiger partial charge in [0.05, 0.1) is 12.7 Å². The van der Waals surface area contributed by atoms with E-state index in [9.17, 15) is 0 Å². The second kappa shape index (κ2) is 10.3. The van der Waals surface area contributed by atoms with Crippen LogP contribution in [0.4, 0.5) is 0 Å². The summed E-state index contributed by atoms with van der Waals surface area (Å²) >= 11 is 0. The molecule has 144 valence electrons. The number of aryl methyl sites for hydroxylation is 1. The fourth-order valence-electron chi connectivity index (χ4n) is 2.86. The van der Waals surface area contributed by atoms with Crippen molar-refractivity contribution in [3.8, 4) is 0 Å². The molecular weight excluding hydrogens is 320 g/mol. The Hall–Kier alpha value is -1.96. The summed E-state index contributed by atoms with van der Waals surface area (Å²) in [5.74, 6) is 1.64. The first-order valence-electron chi connectivity index (χ1n) is 9.77. The van der Waals surface area contributed by atoms with Gasteiger partial charge in [0.2, 0.25) is 0 Å². The predicted molar refractivity (Wildman–Crippen MR) is 113 cm³/mol. The fraction of sp³-hybridized carbons (Fsp3) is 0.500. The van der Waals surface area contributed by atoms with Crippen molar-refractivity contribution in [1.29, 1.82) is 0 Å². The maximum absolute atomic E-state index is 6.21. The zero-order valence-electron chi connectivity index (χ0n) is 17.7. The number of hydrogen-bond donors (Lipinski definition) is 0. The van der Waals surface area contributed by atoms with Crippen molar-refractivity contribution in [2.24, 2.45) is 0 Å². The Morgan fingerprint density at radius 2 is 1.81 bits per heavy atom. The van der Waals surface area contributed by atoms with Crippen molar-refractivity contribution in [3.05, 3.63) is 65.1 Å². The van der Waals surface area contributed by atoms with Crippen molar-refractivity contribution >= 4 is 5.57 Å². The van der Waals surface area contributed by atoms with Crippen LogP contribution in [0.3, 0.4) is 0 Å². The molecule has 1 aromatic rings. The lowest BCUT2D eigenvalue weighted by Crippen LogP contribution is -2.27. The average Bonchev–Trinajstić information content (AvgIpc) is 2.63. The van der Waals surface area contributed by atoms with Crippen LogP contribution in [0.2, 0.25) is 0 Å². The van der Waals surface area contributed by atoms with Crippen LogP contribution in [0.15, 0.2) is 48.4 Å². The van der Waals surface area contributed by atoms with Crippen LogP contribution in [-0.4, -0.2) is 7.11 Å². The van der Waals surface area contributed by atoms with E-state index in [-0.39, 0.29) is 5.60 Å². The number of rotatable bonds is 6. The summed E-state index contributed by atoms with van der Waals surface area (Å²) in [7, 11) is 1.71. The maximum Gasteiger partial charge on any atom is 0.131 e. The van der Waals surface area contributed by atoms with Gasteiger partial charge < -0.3 is 9.47 Å². The molecule has 26 heavy (non-hydrogen) atoms. The lowest BCUT2D eigenvalue weighted by atomic mass is 9.84. The van der Waals surface area contributed by atoms with Crippen molar-refractivity contribution in [3.63, 3.8) is 0 Å². The summed E-state index contributed by atoms with van der Waals surface area (Å²) in [6, 6.07) is 6.48. The highest BCUT2D eigenvalue weighted by atomic mass is 16.5. The summed E-state index contributed by atoms with van der Waals surface area (Å²) < 4.78 is 11.9. The standard InChI is InChI=1S/C20H26O2.C4H10/c1-7-9-10-18(21-6)19-15-13-14(3)11-12-16(15)20(4,5)22-17(19)8-2;1-3-4-2/h8,10-13H,2,7,9H2,1,3-6H3;3-4H2,1-2H3/b18-10+;. The monoisotopic (exact) mass is 356 g/mol. The number of hydrogen-bond acceptors (Lipinski definition) is 2. The Balaban J connectivity index is 0.000000765. The normalized spacial score (nSPS) is 15.4. The van der Waals surface area contributed by atoms with Crippen LogP contribution >= 0.6 is 0 Å². The van der Waals surface area contributed by atoms with E-state index in [1.54, 1.807) is 13.2 Å². The van der Waals surface area contributed by atoms with E-state index in [2.05, 4.69) is 72.4 Å². The SMILES string of the molecule is C=CC1=C(/C(=C\CCC)OC)c2cc(C)ccc2C(C)(C)O1.CCCC. The smallest absolute Gasteiger partial charge is 0.131 e. The third-order valence-electron chi connectivity index (χ3n) is 4.47. The van der Waals surface area contributed by atoms with Gasteiger partial charge in [0.1, 0.15) is 17.1 Å². The Labute approximate surface area is 160 Å². The molecule has 2 rings (SSSR count). The maximum atomic E-state index is 6.21. The summed E-state index contributed by atoms with van der Waals surface area (Å²) in [4.78, 5) is 0. The van der Waals surface area contributed by atoms with Gasteiger partial charge in [0, 0.05) is 5.56 Å². The summed E-state index contributed by atoms with van der Waals surface area (Å²) in [5, 5.41) is 0. The fourth-order valence-corrected chi connectivity index (χ4v) is 2.86. The first-order valence-corrected chi connectivity index (χ1v) is 9.77. The zero-order valence-corrected chi connectivity index (χ0v) is 17.7. The number of benzene rings is 1. The van der Waals surface area contributed by atoms with Crippen LogP contribution in [0.1, 0.15) is 77.0 Å². The third-order valence-corrected chi connectivity index (χ3v) is 4.47. The Morgan fingerprint density at radius 1 is 1.15 bits per heavy atom. The van der Waals surface area contributed by atoms with Crippen LogP contribution in [-0.2, 0) is 15.1 Å². The molecule has 0 amide bonds. The van der Waals surface area contributed by atoms with Crippen molar-refractivity contribution in [2.75, 3.05) is 7.11 Å². The molecule has 0 N–H and O–H groups in total. The van der Waals surface area contributed by atoms with Gasteiger partial charge in [-0.15, -0.1) is 0 Å². The highest BCUT2D eigenvalue weighted by Crippen LogP contribution is 2.44. The van der Waals surface area contributed by atoms with E-state index in [0.717, 1.165) is 29.9 Å². The Morgan fingerprint density at radius 3 is 2.31 bits per heavy atom. The number of allylic oxidation sites excluding steroid dienone is 3. The average molecular weight is 357 g/mol. The second-order valence-corrected chi connectivity index (χ2v) is 7.17. The van der Waals surface area contributed by atoms with E-state index in [0.29, 0.717) is 0 Å². The van der Waals surface area contributed by atoms with Crippen molar-refractivity contribution < 1.29 is 9.47 Å². The molecule has 0 bridgehead atoms. The minimum Gasteiger partial charge on any atom is -0.496 e. The molecule has 0 radical (unpaired) electrons. The van der Waals surface area contributed by atoms with Crippen molar-refractivity contribution in [1.82, 2.24) is 0 Å². The molecule has 1 aliphatic rings. The quantitative estimate of drug-likeness (QED) is 0.498. The Kier molecular flexibility index (Phi) is 8.71. The van der Waals surface area contributed by atoms with E-state index < -0.39 is 0 Å². The predicted octanol–water partition coefficient (Wildman–Crippen LogP) is 7.29. The minimum absolute atomic E-state index is 0.375. The molecule has 0 saturated heterocycles. The molecule has 1 heterocycles. The Bertz CT molecular complexity index is 661. The molecular formula is C24H36O2. The second-order valence-electron chi connectivity index (χ2n) is 7.17. The molecule has 2 nitrogen and oxygen atoms in total. The van der Waals surface area contributed by atoms with Crippen LogP contribution in [0, 0.1) is 6.92 Å². The molecule has 0 aromatic heterocycles. The lowest BCUT2D eigenvalue weighted by Gasteiger charge is -2.36. The number of unbranched alkanes of at least 4 members (excludes halogenated alkanes) is 2. The molecule has 1 aliphatic heterocycles.